The first-order valence-corrected chi connectivity index (χ1v) is 10.2. The largest absolute Gasteiger partial charge is 0.380 e. The number of nitrogens with zero attached hydrogens (tertiary/aromatic N) is 3. The maximum absolute atomic E-state index is 14.4. The van der Waals surface area contributed by atoms with Crippen molar-refractivity contribution in [3.63, 3.8) is 0 Å². The average Bonchev–Trinajstić information content (AvgIpc) is 3.13. The molecular weight excluding hydrogens is 411 g/mol. The quantitative estimate of drug-likeness (QED) is 0.492. The number of hydrogen-bond donors (Lipinski definition) is 4. The second-order valence-corrected chi connectivity index (χ2v) is 7.91. The number of amides is 1. The number of H-pyrrole nitrogens is 1. The Kier molecular flexibility index (Phi) is 5.57. The van der Waals surface area contributed by atoms with Crippen molar-refractivity contribution in [3.8, 4) is 11.4 Å². The molecule has 0 radical (unpaired) electrons. The van der Waals surface area contributed by atoms with Crippen LogP contribution in [0.25, 0.3) is 22.4 Å². The molecule has 1 aliphatic carbocycles. The Balaban J connectivity index is 1.59. The van der Waals surface area contributed by atoms with Crippen LogP contribution in [-0.2, 0) is 4.79 Å². The summed E-state index contributed by atoms with van der Waals surface area (Å²) in [7, 11) is 0. The van der Waals surface area contributed by atoms with E-state index in [-0.39, 0.29) is 18.3 Å². The van der Waals surface area contributed by atoms with Crippen molar-refractivity contribution < 1.29 is 14.3 Å². The topological polar surface area (TPSA) is 116 Å². The molecule has 8 nitrogen and oxygen atoms in total. The summed E-state index contributed by atoms with van der Waals surface area (Å²) in [4.78, 5) is 27.9. The number of halogens is 2. The SMILES string of the molecule is CCNC(=O)C1(O)CCCC(Nc2nc(-c3c[nH]c4ncc(Cl)cc34)ncc2F)C1. The minimum atomic E-state index is -1.47. The molecular formula is C20H22ClFN6O2. The summed E-state index contributed by atoms with van der Waals surface area (Å²) in [5.74, 6) is -0.677. The first kappa shape index (κ1) is 20.5. The molecule has 0 aliphatic heterocycles. The summed E-state index contributed by atoms with van der Waals surface area (Å²) in [6.45, 7) is 2.23. The van der Waals surface area contributed by atoms with Gasteiger partial charge >= 0.3 is 0 Å². The molecule has 4 rings (SSSR count). The first-order valence-electron chi connectivity index (χ1n) is 9.82. The molecule has 4 N–H and O–H groups in total. The molecule has 0 aromatic carbocycles. The first-order chi connectivity index (χ1) is 14.4. The van der Waals surface area contributed by atoms with Crippen LogP contribution < -0.4 is 10.6 Å². The van der Waals surface area contributed by atoms with Gasteiger partial charge in [-0.2, -0.15) is 0 Å². The van der Waals surface area contributed by atoms with Gasteiger partial charge < -0.3 is 20.7 Å². The fourth-order valence-corrected chi connectivity index (χ4v) is 4.02. The highest BCUT2D eigenvalue weighted by molar-refractivity contribution is 6.31. The zero-order valence-electron chi connectivity index (χ0n) is 16.4. The standard InChI is InChI=1S/C20H22ClFN6O2/c1-2-23-19(29)20(30)5-3-4-12(7-20)27-18-15(22)10-26-17(28-18)14-9-25-16-13(14)6-11(21)8-24-16/h6,8-10,12,30H,2-5,7H2,1H3,(H,23,29)(H,24,25)(H,26,27,28). The number of pyridine rings is 1. The van der Waals surface area contributed by atoms with Crippen molar-refractivity contribution in [2.24, 2.45) is 0 Å². The van der Waals surface area contributed by atoms with E-state index in [1.54, 1.807) is 19.2 Å². The number of aliphatic hydroxyl groups is 1. The van der Waals surface area contributed by atoms with Gasteiger partial charge in [0.2, 0.25) is 0 Å². The van der Waals surface area contributed by atoms with E-state index in [4.69, 9.17) is 11.6 Å². The van der Waals surface area contributed by atoms with Gasteiger partial charge in [0, 0.05) is 42.4 Å². The lowest BCUT2D eigenvalue weighted by atomic mass is 9.81. The van der Waals surface area contributed by atoms with E-state index in [9.17, 15) is 14.3 Å². The monoisotopic (exact) mass is 432 g/mol. The van der Waals surface area contributed by atoms with E-state index in [0.29, 0.717) is 47.9 Å². The molecule has 1 amide bonds. The zero-order chi connectivity index (χ0) is 21.3. The van der Waals surface area contributed by atoms with Crippen molar-refractivity contribution in [2.75, 3.05) is 11.9 Å². The number of fused-ring (bicyclic) bond motifs is 1. The molecule has 0 spiro atoms. The summed E-state index contributed by atoms with van der Waals surface area (Å²) in [6.07, 6.45) is 6.19. The van der Waals surface area contributed by atoms with E-state index in [0.717, 1.165) is 11.6 Å². The Morgan fingerprint density at radius 1 is 1.43 bits per heavy atom. The summed E-state index contributed by atoms with van der Waals surface area (Å²) in [5.41, 5.74) is -0.209. The third-order valence-corrected chi connectivity index (χ3v) is 5.52. The van der Waals surface area contributed by atoms with E-state index in [1.165, 1.54) is 6.20 Å². The molecule has 3 heterocycles. The van der Waals surface area contributed by atoms with E-state index >= 15 is 0 Å². The van der Waals surface area contributed by atoms with Gasteiger partial charge in [-0.05, 0) is 32.3 Å². The highest BCUT2D eigenvalue weighted by Gasteiger charge is 2.41. The summed E-state index contributed by atoms with van der Waals surface area (Å²) in [6, 6.07) is 1.44. The van der Waals surface area contributed by atoms with Crippen molar-refractivity contribution >= 4 is 34.4 Å². The maximum atomic E-state index is 14.4. The molecule has 10 heteroatoms. The summed E-state index contributed by atoms with van der Waals surface area (Å²) in [5, 5.41) is 17.6. The maximum Gasteiger partial charge on any atom is 0.252 e. The number of carbonyl (C=O) groups excluding carboxylic acids is 1. The number of carbonyl (C=O) groups is 1. The van der Waals surface area contributed by atoms with Crippen LogP contribution in [0.1, 0.15) is 32.6 Å². The molecule has 1 saturated carbocycles. The second-order valence-electron chi connectivity index (χ2n) is 7.47. The number of likely N-dealkylation sites (N-methyl/N-ethyl adjacent to an activating group) is 1. The molecule has 2 unspecified atom stereocenters. The average molecular weight is 433 g/mol. The predicted molar refractivity (Wildman–Crippen MR) is 112 cm³/mol. The Hall–Kier alpha value is -2.78. The Bertz CT molecular complexity index is 1090. The molecule has 2 atom stereocenters. The Morgan fingerprint density at radius 3 is 3.07 bits per heavy atom. The molecule has 30 heavy (non-hydrogen) atoms. The number of aromatic nitrogens is 4. The third kappa shape index (κ3) is 3.95. The van der Waals surface area contributed by atoms with E-state index in [2.05, 4.69) is 30.6 Å². The van der Waals surface area contributed by atoms with Crippen molar-refractivity contribution in [1.29, 1.82) is 0 Å². The number of aromatic amines is 1. The zero-order valence-corrected chi connectivity index (χ0v) is 17.1. The van der Waals surface area contributed by atoms with Gasteiger partial charge in [-0.3, -0.25) is 4.79 Å². The fourth-order valence-electron chi connectivity index (χ4n) is 3.86. The number of rotatable bonds is 5. The molecule has 3 aromatic heterocycles. The van der Waals surface area contributed by atoms with Crippen LogP contribution in [0.15, 0.2) is 24.7 Å². The molecule has 0 saturated heterocycles. The van der Waals surface area contributed by atoms with Crippen LogP contribution in [0.2, 0.25) is 5.02 Å². The van der Waals surface area contributed by atoms with Crippen LogP contribution in [-0.4, -0.2) is 49.1 Å². The molecule has 1 aliphatic rings. The summed E-state index contributed by atoms with van der Waals surface area (Å²) < 4.78 is 14.4. The van der Waals surface area contributed by atoms with Crippen LogP contribution in [0.5, 0.6) is 0 Å². The third-order valence-electron chi connectivity index (χ3n) is 5.31. The number of hydrogen-bond acceptors (Lipinski definition) is 6. The van der Waals surface area contributed by atoms with Gasteiger partial charge in [0.05, 0.1) is 11.2 Å². The fraction of sp³-hybridized carbons (Fsp3) is 0.400. The second kappa shape index (κ2) is 8.16. The lowest BCUT2D eigenvalue weighted by Crippen LogP contribution is -2.52. The van der Waals surface area contributed by atoms with Gasteiger partial charge in [-0.15, -0.1) is 0 Å². The van der Waals surface area contributed by atoms with Gasteiger partial charge in [0.1, 0.15) is 11.2 Å². The minimum Gasteiger partial charge on any atom is -0.380 e. The lowest BCUT2D eigenvalue weighted by molar-refractivity contribution is -0.143. The molecule has 1 fully saturated rings. The van der Waals surface area contributed by atoms with E-state index < -0.39 is 17.3 Å². The molecule has 0 bridgehead atoms. The van der Waals surface area contributed by atoms with Crippen LogP contribution in [0, 0.1) is 5.82 Å². The van der Waals surface area contributed by atoms with Crippen LogP contribution >= 0.6 is 11.6 Å². The Morgan fingerprint density at radius 2 is 2.27 bits per heavy atom. The molecule has 3 aromatic rings. The van der Waals surface area contributed by atoms with E-state index in [1.807, 2.05) is 0 Å². The van der Waals surface area contributed by atoms with Crippen LogP contribution in [0.3, 0.4) is 0 Å². The number of nitrogens with one attached hydrogen (secondary N) is 3. The predicted octanol–water partition coefficient (Wildman–Crippen LogP) is 3.03. The van der Waals surface area contributed by atoms with Gasteiger partial charge in [0.25, 0.3) is 5.91 Å². The number of anilines is 1. The highest BCUT2D eigenvalue weighted by atomic mass is 35.5. The molecule has 158 valence electrons. The Labute approximate surface area is 177 Å². The lowest BCUT2D eigenvalue weighted by Gasteiger charge is -2.36. The van der Waals surface area contributed by atoms with Crippen molar-refractivity contribution in [2.45, 2.75) is 44.2 Å². The van der Waals surface area contributed by atoms with Gasteiger partial charge in [0.15, 0.2) is 17.5 Å². The van der Waals surface area contributed by atoms with Gasteiger partial charge in [-0.25, -0.2) is 19.3 Å². The van der Waals surface area contributed by atoms with Crippen LogP contribution in [0.4, 0.5) is 10.2 Å². The van der Waals surface area contributed by atoms with Gasteiger partial charge in [-0.1, -0.05) is 11.6 Å². The highest BCUT2D eigenvalue weighted by Crippen LogP contribution is 2.32. The van der Waals surface area contributed by atoms with Crippen molar-refractivity contribution in [3.05, 3.63) is 35.5 Å². The minimum absolute atomic E-state index is 0.0227. The normalized spacial score (nSPS) is 21.5. The summed E-state index contributed by atoms with van der Waals surface area (Å²) >= 11 is 6.05. The van der Waals surface area contributed by atoms with Crippen molar-refractivity contribution in [1.82, 2.24) is 25.3 Å². The smallest absolute Gasteiger partial charge is 0.252 e.